The van der Waals surface area contributed by atoms with E-state index in [0.29, 0.717) is 6.61 Å². The van der Waals surface area contributed by atoms with Crippen LogP contribution in [0.25, 0.3) is 0 Å². The Morgan fingerprint density at radius 2 is 2.56 bits per heavy atom. The zero-order valence-electron chi connectivity index (χ0n) is 9.90. The van der Waals surface area contributed by atoms with Crippen LogP contribution < -0.4 is 5.32 Å². The Morgan fingerprint density at radius 1 is 1.69 bits per heavy atom. The predicted molar refractivity (Wildman–Crippen MR) is 61.6 cm³/mol. The number of hydrogen-bond acceptors (Lipinski definition) is 4. The van der Waals surface area contributed by atoms with E-state index in [1.165, 1.54) is 0 Å². The molecule has 1 unspecified atom stereocenters. The van der Waals surface area contributed by atoms with Gasteiger partial charge in [0.15, 0.2) is 0 Å². The highest BCUT2D eigenvalue weighted by Crippen LogP contribution is 2.25. The number of methoxy groups -OCH3 is 1. The number of rotatable bonds is 5. The number of nitrogens with one attached hydrogen (secondary N) is 1. The van der Waals surface area contributed by atoms with E-state index in [1.54, 1.807) is 13.3 Å². The van der Waals surface area contributed by atoms with Gasteiger partial charge in [0.2, 0.25) is 5.95 Å². The lowest BCUT2D eigenvalue weighted by Gasteiger charge is -2.26. The molecule has 0 radical (unpaired) electrons. The molecule has 1 aromatic heterocycles. The molecule has 0 aromatic carbocycles. The van der Waals surface area contributed by atoms with Crippen molar-refractivity contribution in [3.05, 3.63) is 12.4 Å². The Kier molecular flexibility index (Phi) is 3.46. The van der Waals surface area contributed by atoms with Crippen LogP contribution in [0.1, 0.15) is 13.3 Å². The lowest BCUT2D eigenvalue weighted by Crippen LogP contribution is -2.37. The Balaban J connectivity index is 2.09. The summed E-state index contributed by atoms with van der Waals surface area (Å²) in [5.74, 6) is 0.894. The summed E-state index contributed by atoms with van der Waals surface area (Å²) in [7, 11) is 1.75. The minimum Gasteiger partial charge on any atom is -0.378 e. The van der Waals surface area contributed by atoms with Gasteiger partial charge in [0, 0.05) is 39.1 Å². The molecule has 2 rings (SSSR count). The van der Waals surface area contributed by atoms with Gasteiger partial charge in [-0.15, -0.1) is 0 Å². The van der Waals surface area contributed by atoms with Crippen LogP contribution in [0.5, 0.6) is 0 Å². The molecule has 5 heteroatoms. The Hall–Kier alpha value is -1.07. The summed E-state index contributed by atoms with van der Waals surface area (Å²) >= 11 is 0. The van der Waals surface area contributed by atoms with Crippen molar-refractivity contribution in [2.24, 2.45) is 0 Å². The molecule has 0 amide bonds. The number of aromatic nitrogens is 2. The molecule has 1 N–H and O–H groups in total. The van der Waals surface area contributed by atoms with Crippen LogP contribution >= 0.6 is 0 Å². The van der Waals surface area contributed by atoms with Crippen LogP contribution in [0.2, 0.25) is 0 Å². The van der Waals surface area contributed by atoms with Gasteiger partial charge in [-0.3, -0.25) is 0 Å². The maximum atomic E-state index is 5.60. The van der Waals surface area contributed by atoms with E-state index in [0.717, 1.165) is 32.1 Å². The summed E-state index contributed by atoms with van der Waals surface area (Å²) in [6.45, 7) is 5.15. The largest absolute Gasteiger partial charge is 0.378 e. The summed E-state index contributed by atoms with van der Waals surface area (Å²) in [4.78, 5) is 4.27. The second-order valence-corrected chi connectivity index (χ2v) is 4.10. The smallest absolute Gasteiger partial charge is 0.202 e. The van der Waals surface area contributed by atoms with E-state index >= 15 is 0 Å². The summed E-state index contributed by atoms with van der Waals surface area (Å²) in [6, 6.07) is 0. The van der Waals surface area contributed by atoms with Crippen molar-refractivity contribution in [1.29, 1.82) is 0 Å². The van der Waals surface area contributed by atoms with Crippen LogP contribution in [0, 0.1) is 0 Å². The molecule has 1 atom stereocenters. The lowest BCUT2D eigenvalue weighted by molar-refractivity contribution is -0.0291. The Bertz CT molecular complexity index is 332. The highest BCUT2D eigenvalue weighted by Gasteiger charge is 2.35. The quantitative estimate of drug-likeness (QED) is 0.815. The van der Waals surface area contributed by atoms with Crippen LogP contribution in [-0.4, -0.2) is 42.0 Å². The molecule has 1 saturated heterocycles. The number of ether oxygens (including phenoxy) is 2. The van der Waals surface area contributed by atoms with E-state index < -0.39 is 0 Å². The molecule has 5 nitrogen and oxygen atoms in total. The van der Waals surface area contributed by atoms with Crippen LogP contribution in [0.4, 0.5) is 5.95 Å². The molecule has 16 heavy (non-hydrogen) atoms. The summed E-state index contributed by atoms with van der Waals surface area (Å²) in [5, 5.41) is 3.23. The van der Waals surface area contributed by atoms with Crippen molar-refractivity contribution >= 4 is 5.95 Å². The van der Waals surface area contributed by atoms with Gasteiger partial charge in [0.1, 0.15) is 5.60 Å². The second kappa shape index (κ2) is 4.84. The molecule has 0 saturated carbocycles. The van der Waals surface area contributed by atoms with Gasteiger partial charge in [-0.05, 0) is 6.92 Å². The third-order valence-corrected chi connectivity index (χ3v) is 3.01. The first-order chi connectivity index (χ1) is 7.79. The standard InChI is InChI=1S/C11H19N3O2/c1-3-12-10-13-5-6-14(10)8-11(15-2)4-7-16-9-11/h5-6H,3-4,7-9H2,1-2H3,(H,12,13). The molecular formula is C11H19N3O2. The Morgan fingerprint density at radius 3 is 3.19 bits per heavy atom. The zero-order valence-corrected chi connectivity index (χ0v) is 9.90. The van der Waals surface area contributed by atoms with E-state index in [1.807, 2.05) is 6.20 Å². The predicted octanol–water partition coefficient (Wildman–Crippen LogP) is 1.12. The molecule has 90 valence electrons. The minimum absolute atomic E-state index is 0.190. The molecule has 1 fully saturated rings. The summed E-state index contributed by atoms with van der Waals surface area (Å²) in [6.07, 6.45) is 4.71. The first-order valence-electron chi connectivity index (χ1n) is 5.67. The monoisotopic (exact) mass is 225 g/mol. The van der Waals surface area contributed by atoms with Crippen molar-refractivity contribution in [2.75, 3.05) is 32.2 Å². The Labute approximate surface area is 95.8 Å². The van der Waals surface area contributed by atoms with Gasteiger partial charge in [-0.1, -0.05) is 0 Å². The molecule has 0 aliphatic carbocycles. The van der Waals surface area contributed by atoms with Gasteiger partial charge >= 0.3 is 0 Å². The van der Waals surface area contributed by atoms with Crippen LogP contribution in [0.15, 0.2) is 12.4 Å². The molecular weight excluding hydrogens is 206 g/mol. The maximum absolute atomic E-state index is 5.60. The number of anilines is 1. The summed E-state index contributed by atoms with van der Waals surface area (Å²) < 4.78 is 13.1. The highest BCUT2D eigenvalue weighted by molar-refractivity contribution is 5.25. The van der Waals surface area contributed by atoms with E-state index in [9.17, 15) is 0 Å². The van der Waals surface area contributed by atoms with E-state index in [-0.39, 0.29) is 5.60 Å². The fraction of sp³-hybridized carbons (Fsp3) is 0.727. The lowest BCUT2D eigenvalue weighted by atomic mass is 10.0. The normalized spacial score (nSPS) is 24.9. The fourth-order valence-corrected chi connectivity index (χ4v) is 2.01. The molecule has 1 aliphatic heterocycles. The average Bonchev–Trinajstić information content (AvgIpc) is 2.91. The average molecular weight is 225 g/mol. The molecule has 1 aromatic rings. The highest BCUT2D eigenvalue weighted by atomic mass is 16.5. The number of hydrogen-bond donors (Lipinski definition) is 1. The maximum Gasteiger partial charge on any atom is 0.202 e. The third-order valence-electron chi connectivity index (χ3n) is 3.01. The van der Waals surface area contributed by atoms with Crippen molar-refractivity contribution in [3.63, 3.8) is 0 Å². The molecule has 2 heterocycles. The van der Waals surface area contributed by atoms with Crippen molar-refractivity contribution < 1.29 is 9.47 Å². The fourth-order valence-electron chi connectivity index (χ4n) is 2.01. The SMILES string of the molecule is CCNc1nccn1CC1(OC)CCOC1. The summed E-state index contributed by atoms with van der Waals surface area (Å²) in [5.41, 5.74) is -0.190. The van der Waals surface area contributed by atoms with Crippen molar-refractivity contribution in [2.45, 2.75) is 25.5 Å². The van der Waals surface area contributed by atoms with Gasteiger partial charge in [0.05, 0.1) is 13.2 Å². The molecule has 0 spiro atoms. The van der Waals surface area contributed by atoms with Gasteiger partial charge < -0.3 is 19.4 Å². The third kappa shape index (κ3) is 2.20. The van der Waals surface area contributed by atoms with Gasteiger partial charge in [-0.2, -0.15) is 0 Å². The molecule has 1 aliphatic rings. The van der Waals surface area contributed by atoms with Gasteiger partial charge in [0.25, 0.3) is 0 Å². The topological polar surface area (TPSA) is 48.3 Å². The van der Waals surface area contributed by atoms with Crippen LogP contribution in [-0.2, 0) is 16.0 Å². The first-order valence-corrected chi connectivity index (χ1v) is 5.67. The van der Waals surface area contributed by atoms with Crippen molar-refractivity contribution in [3.8, 4) is 0 Å². The van der Waals surface area contributed by atoms with Crippen LogP contribution in [0.3, 0.4) is 0 Å². The second-order valence-electron chi connectivity index (χ2n) is 4.10. The zero-order chi connectivity index (χ0) is 11.4. The molecule has 0 bridgehead atoms. The van der Waals surface area contributed by atoms with Crippen molar-refractivity contribution in [1.82, 2.24) is 9.55 Å². The van der Waals surface area contributed by atoms with E-state index in [4.69, 9.17) is 9.47 Å². The first kappa shape index (κ1) is 11.4. The minimum atomic E-state index is -0.190. The number of nitrogens with zero attached hydrogens (tertiary/aromatic N) is 2. The van der Waals surface area contributed by atoms with Gasteiger partial charge in [-0.25, -0.2) is 4.98 Å². The number of imidazole rings is 1. The van der Waals surface area contributed by atoms with E-state index in [2.05, 4.69) is 21.8 Å².